The Labute approximate surface area is 70.8 Å². The van der Waals surface area contributed by atoms with Gasteiger partial charge in [-0.1, -0.05) is 6.92 Å². The number of nitrogens with two attached hydrogens (primary N) is 1. The van der Waals surface area contributed by atoms with Gasteiger partial charge in [-0.3, -0.25) is 0 Å². The molecule has 1 heterocycles. The van der Waals surface area contributed by atoms with Crippen LogP contribution in [0.5, 0.6) is 0 Å². The van der Waals surface area contributed by atoms with Gasteiger partial charge in [-0.05, 0) is 6.42 Å². The first kappa shape index (κ1) is 9.88. The van der Waals surface area contributed by atoms with Crippen LogP contribution in [0.2, 0.25) is 0 Å². The van der Waals surface area contributed by atoms with E-state index in [1.807, 2.05) is 0 Å². The minimum absolute atomic E-state index is 0.530. The van der Waals surface area contributed by atoms with Crippen molar-refractivity contribution in [2.75, 3.05) is 0 Å². The van der Waals surface area contributed by atoms with E-state index in [0.29, 0.717) is 6.42 Å². The Morgan fingerprint density at radius 1 is 1.25 bits per heavy atom. The molecule has 0 bridgehead atoms. The third-order valence-electron chi connectivity index (χ3n) is 2.17. The minimum Gasteiger partial charge on any atom is -0.388 e. The van der Waals surface area contributed by atoms with Gasteiger partial charge in [-0.2, -0.15) is 0 Å². The summed E-state index contributed by atoms with van der Waals surface area (Å²) in [6, 6.07) is -0.928. The predicted molar refractivity (Wildman–Crippen MR) is 41.2 cm³/mol. The van der Waals surface area contributed by atoms with E-state index in [0.717, 1.165) is 0 Å². The highest BCUT2D eigenvalue weighted by Gasteiger charge is 2.40. The zero-order chi connectivity index (χ0) is 9.30. The third kappa shape index (κ3) is 1.60. The highest BCUT2D eigenvalue weighted by molar-refractivity contribution is 4.90. The van der Waals surface area contributed by atoms with Crippen molar-refractivity contribution in [3.8, 4) is 0 Å². The fraction of sp³-hybridized carbons (Fsp3) is 1.00. The average molecular weight is 177 g/mol. The molecule has 0 aromatic carbocycles. The minimum atomic E-state index is -1.19. The van der Waals surface area contributed by atoms with Crippen molar-refractivity contribution in [3.05, 3.63) is 0 Å². The molecule has 1 rings (SSSR count). The van der Waals surface area contributed by atoms with Crippen molar-refractivity contribution in [3.63, 3.8) is 0 Å². The normalized spacial score (nSPS) is 49.2. The van der Waals surface area contributed by atoms with Crippen LogP contribution in [0.1, 0.15) is 13.3 Å². The topological polar surface area (TPSA) is 95.9 Å². The molecule has 0 aliphatic carbocycles. The second-order valence-electron chi connectivity index (χ2n) is 3.03. The Hall–Kier alpha value is -0.200. The van der Waals surface area contributed by atoms with Gasteiger partial charge < -0.3 is 25.8 Å². The van der Waals surface area contributed by atoms with Crippen molar-refractivity contribution in [2.24, 2.45) is 5.73 Å². The smallest absolute Gasteiger partial charge is 0.172 e. The summed E-state index contributed by atoms with van der Waals surface area (Å²) in [5.74, 6) is 0. The van der Waals surface area contributed by atoms with E-state index in [4.69, 9.17) is 15.6 Å². The van der Waals surface area contributed by atoms with E-state index in [1.54, 1.807) is 6.92 Å². The Balaban J connectivity index is 2.63. The molecule has 0 amide bonds. The molecule has 5 nitrogen and oxygen atoms in total. The van der Waals surface area contributed by atoms with Crippen molar-refractivity contribution in [1.82, 2.24) is 0 Å². The molecule has 1 saturated heterocycles. The van der Waals surface area contributed by atoms with Crippen LogP contribution in [0, 0.1) is 0 Å². The van der Waals surface area contributed by atoms with Gasteiger partial charge in [-0.15, -0.1) is 0 Å². The summed E-state index contributed by atoms with van der Waals surface area (Å²) in [5, 5.41) is 27.8. The fourth-order valence-electron chi connectivity index (χ4n) is 1.30. The highest BCUT2D eigenvalue weighted by Crippen LogP contribution is 2.20. The molecule has 72 valence electrons. The lowest BCUT2D eigenvalue weighted by molar-refractivity contribution is -0.242. The average Bonchev–Trinajstić information content (AvgIpc) is 2.08. The first-order valence-electron chi connectivity index (χ1n) is 4.03. The molecule has 5 heteroatoms. The van der Waals surface area contributed by atoms with Crippen molar-refractivity contribution in [1.29, 1.82) is 0 Å². The summed E-state index contributed by atoms with van der Waals surface area (Å²) in [6.07, 6.45) is -3.31. The summed E-state index contributed by atoms with van der Waals surface area (Å²) in [5.41, 5.74) is 5.34. The standard InChI is InChI=1S/C7H15NO4/c1-2-3-5(9)6(10)4(8)7(11)12-3/h3-7,9-11H,2,8H2,1H3. The maximum Gasteiger partial charge on any atom is 0.172 e. The maximum absolute atomic E-state index is 9.36. The van der Waals surface area contributed by atoms with Gasteiger partial charge in [0.1, 0.15) is 12.2 Å². The summed E-state index contributed by atoms with van der Waals surface area (Å²) in [7, 11) is 0. The molecule has 5 N–H and O–H groups in total. The lowest BCUT2D eigenvalue weighted by Crippen LogP contribution is -2.60. The largest absolute Gasteiger partial charge is 0.388 e. The van der Waals surface area contributed by atoms with Crippen molar-refractivity contribution in [2.45, 2.75) is 44.0 Å². The van der Waals surface area contributed by atoms with Crippen LogP contribution in [-0.4, -0.2) is 46.0 Å². The Morgan fingerprint density at radius 3 is 2.33 bits per heavy atom. The molecule has 0 spiro atoms. The van der Waals surface area contributed by atoms with Gasteiger partial charge in [-0.25, -0.2) is 0 Å². The highest BCUT2D eigenvalue weighted by atomic mass is 16.6. The van der Waals surface area contributed by atoms with Gasteiger partial charge in [0, 0.05) is 0 Å². The number of hydrogen-bond donors (Lipinski definition) is 4. The van der Waals surface area contributed by atoms with Crippen LogP contribution in [-0.2, 0) is 4.74 Å². The molecule has 0 aromatic heterocycles. The summed E-state index contributed by atoms with van der Waals surface area (Å²) in [4.78, 5) is 0. The van der Waals surface area contributed by atoms with Crippen LogP contribution < -0.4 is 5.73 Å². The number of hydrogen-bond acceptors (Lipinski definition) is 5. The number of ether oxygens (including phenoxy) is 1. The molecule has 5 atom stereocenters. The first-order valence-corrected chi connectivity index (χ1v) is 4.03. The van der Waals surface area contributed by atoms with Crippen LogP contribution >= 0.6 is 0 Å². The van der Waals surface area contributed by atoms with Crippen molar-refractivity contribution >= 4 is 0 Å². The van der Waals surface area contributed by atoms with Gasteiger partial charge in [0.2, 0.25) is 0 Å². The lowest BCUT2D eigenvalue weighted by atomic mass is 9.96. The van der Waals surface area contributed by atoms with Crippen LogP contribution in [0.25, 0.3) is 0 Å². The number of rotatable bonds is 1. The molecule has 5 unspecified atom stereocenters. The van der Waals surface area contributed by atoms with E-state index in [9.17, 15) is 10.2 Å². The molecule has 0 radical (unpaired) electrons. The third-order valence-corrected chi connectivity index (χ3v) is 2.17. The van der Waals surface area contributed by atoms with Gasteiger partial charge in [0.25, 0.3) is 0 Å². The van der Waals surface area contributed by atoms with E-state index in [-0.39, 0.29) is 0 Å². The summed E-state index contributed by atoms with van der Waals surface area (Å²) < 4.78 is 4.95. The SMILES string of the molecule is CCC1OC(O)C(N)C(O)C1O. The van der Waals surface area contributed by atoms with Crippen LogP contribution in [0.15, 0.2) is 0 Å². The number of aliphatic hydroxyl groups is 3. The van der Waals surface area contributed by atoms with E-state index in [1.165, 1.54) is 0 Å². The van der Waals surface area contributed by atoms with Crippen LogP contribution in [0.3, 0.4) is 0 Å². The molecular weight excluding hydrogens is 162 g/mol. The molecule has 0 saturated carbocycles. The van der Waals surface area contributed by atoms with Crippen molar-refractivity contribution < 1.29 is 20.1 Å². The van der Waals surface area contributed by atoms with E-state index < -0.39 is 30.6 Å². The molecular formula is C7H15NO4. The Morgan fingerprint density at radius 2 is 1.83 bits per heavy atom. The second kappa shape index (κ2) is 3.68. The molecule has 0 aromatic rings. The van der Waals surface area contributed by atoms with Crippen LogP contribution in [0.4, 0.5) is 0 Å². The van der Waals surface area contributed by atoms with E-state index in [2.05, 4.69) is 0 Å². The lowest BCUT2D eigenvalue weighted by Gasteiger charge is -2.38. The number of aliphatic hydroxyl groups excluding tert-OH is 3. The van der Waals surface area contributed by atoms with Gasteiger partial charge >= 0.3 is 0 Å². The quantitative estimate of drug-likeness (QED) is 0.377. The molecule has 1 fully saturated rings. The first-order chi connectivity index (χ1) is 5.57. The predicted octanol–water partition coefficient (Wildman–Crippen LogP) is -1.84. The zero-order valence-electron chi connectivity index (χ0n) is 6.92. The summed E-state index contributed by atoms with van der Waals surface area (Å²) >= 11 is 0. The van der Waals surface area contributed by atoms with E-state index >= 15 is 0 Å². The molecule has 1 aliphatic rings. The van der Waals surface area contributed by atoms with Gasteiger partial charge in [0.15, 0.2) is 6.29 Å². The fourth-order valence-corrected chi connectivity index (χ4v) is 1.30. The van der Waals surface area contributed by atoms with Gasteiger partial charge in [0.05, 0.1) is 12.1 Å². The summed E-state index contributed by atoms with van der Waals surface area (Å²) in [6.45, 7) is 1.80. The Bertz CT molecular complexity index is 150. The zero-order valence-corrected chi connectivity index (χ0v) is 6.92. The second-order valence-corrected chi connectivity index (χ2v) is 3.03. The molecule has 1 aliphatic heterocycles. The monoisotopic (exact) mass is 177 g/mol. The maximum atomic E-state index is 9.36. The Kier molecular flexibility index (Phi) is 3.03. The molecule has 12 heavy (non-hydrogen) atoms.